The largest absolute Gasteiger partial charge is 0.308 e. The molecule has 0 aliphatic carbocycles. The smallest absolute Gasteiger partial charge is 0.141 e. The van der Waals surface area contributed by atoms with Crippen LogP contribution in [0.1, 0.15) is 31.5 Å². The number of aromatic nitrogens is 1. The lowest BCUT2D eigenvalue weighted by molar-refractivity contribution is 0.443. The molecule has 94 valence electrons. The van der Waals surface area contributed by atoms with Crippen molar-refractivity contribution in [3.63, 3.8) is 0 Å². The summed E-state index contributed by atoms with van der Waals surface area (Å²) in [5.74, 6) is 3.07. The lowest BCUT2D eigenvalue weighted by Gasteiger charge is -2.18. The third kappa shape index (κ3) is 3.68. The average molecular weight is 254 g/mol. The first kappa shape index (κ1) is 12.8. The van der Waals surface area contributed by atoms with E-state index in [-0.39, 0.29) is 11.9 Å². The van der Waals surface area contributed by atoms with Crippen LogP contribution in [0, 0.1) is 11.7 Å². The van der Waals surface area contributed by atoms with Crippen molar-refractivity contribution in [2.24, 2.45) is 5.92 Å². The molecular weight excluding hydrogens is 235 g/mol. The summed E-state index contributed by atoms with van der Waals surface area (Å²) in [7, 11) is 0. The minimum absolute atomic E-state index is 0.251. The van der Waals surface area contributed by atoms with Crippen LogP contribution in [0.4, 0.5) is 4.39 Å². The van der Waals surface area contributed by atoms with Crippen molar-refractivity contribution < 1.29 is 4.39 Å². The summed E-state index contributed by atoms with van der Waals surface area (Å²) in [6.45, 7) is 3.18. The fourth-order valence-electron chi connectivity index (χ4n) is 2.10. The molecule has 0 saturated carbocycles. The second-order valence-electron chi connectivity index (χ2n) is 4.50. The van der Waals surface area contributed by atoms with E-state index in [1.807, 2.05) is 11.8 Å². The Kier molecular flexibility index (Phi) is 4.80. The normalized spacial score (nSPS) is 21.6. The monoisotopic (exact) mass is 254 g/mol. The summed E-state index contributed by atoms with van der Waals surface area (Å²) in [5.41, 5.74) is 0.944. The highest BCUT2D eigenvalue weighted by molar-refractivity contribution is 7.99. The molecule has 2 rings (SSSR count). The summed E-state index contributed by atoms with van der Waals surface area (Å²) in [6, 6.07) is 3.51. The predicted octanol–water partition coefficient (Wildman–Crippen LogP) is 3.01. The number of halogens is 1. The van der Waals surface area contributed by atoms with Gasteiger partial charge < -0.3 is 5.32 Å². The van der Waals surface area contributed by atoms with Crippen molar-refractivity contribution in [1.82, 2.24) is 10.3 Å². The molecule has 0 spiro atoms. The number of nitrogens with one attached hydrogen (secondary N) is 1. The van der Waals surface area contributed by atoms with Gasteiger partial charge in [0.2, 0.25) is 0 Å². The van der Waals surface area contributed by atoms with Crippen LogP contribution in [0.2, 0.25) is 0 Å². The van der Waals surface area contributed by atoms with Gasteiger partial charge in [0.15, 0.2) is 0 Å². The van der Waals surface area contributed by atoms with Crippen molar-refractivity contribution in [1.29, 1.82) is 0 Å². The van der Waals surface area contributed by atoms with Gasteiger partial charge in [-0.2, -0.15) is 11.8 Å². The zero-order valence-electron chi connectivity index (χ0n) is 10.2. The quantitative estimate of drug-likeness (QED) is 0.874. The molecule has 2 unspecified atom stereocenters. The topological polar surface area (TPSA) is 24.9 Å². The molecule has 1 saturated heterocycles. The zero-order valence-corrected chi connectivity index (χ0v) is 11.0. The Bertz CT molecular complexity index is 336. The summed E-state index contributed by atoms with van der Waals surface area (Å²) in [5, 5.41) is 3.55. The lowest BCUT2D eigenvalue weighted by Crippen LogP contribution is -2.27. The molecule has 1 fully saturated rings. The fourth-order valence-corrected chi connectivity index (χ4v) is 3.39. The molecule has 0 aromatic carbocycles. The van der Waals surface area contributed by atoms with Gasteiger partial charge in [0.1, 0.15) is 5.82 Å². The first-order valence-electron chi connectivity index (χ1n) is 6.22. The standard InChI is InChI=1S/C13H19FN2S/c1-2-12(13-4-3-11(14)8-16-13)15-7-10-5-6-17-9-10/h3-4,8,10,12,15H,2,5-7,9H2,1H3. The van der Waals surface area contributed by atoms with Gasteiger partial charge in [0.05, 0.1) is 11.9 Å². The van der Waals surface area contributed by atoms with Crippen molar-refractivity contribution >= 4 is 11.8 Å². The number of nitrogens with zero attached hydrogens (tertiary/aromatic N) is 1. The Morgan fingerprint density at radius 3 is 3.06 bits per heavy atom. The van der Waals surface area contributed by atoms with Crippen LogP contribution < -0.4 is 5.32 Å². The number of pyridine rings is 1. The van der Waals surface area contributed by atoms with E-state index >= 15 is 0 Å². The molecule has 4 heteroatoms. The highest BCUT2D eigenvalue weighted by Crippen LogP contribution is 2.24. The summed E-state index contributed by atoms with van der Waals surface area (Å²) in [6.07, 6.45) is 3.59. The van der Waals surface area contributed by atoms with Gasteiger partial charge in [-0.1, -0.05) is 6.92 Å². The maximum atomic E-state index is 12.8. The van der Waals surface area contributed by atoms with Crippen LogP contribution in [0.25, 0.3) is 0 Å². The molecule has 1 aliphatic heterocycles. The van der Waals surface area contributed by atoms with E-state index in [1.165, 1.54) is 30.2 Å². The Hall–Kier alpha value is -0.610. The van der Waals surface area contributed by atoms with Gasteiger partial charge in [-0.25, -0.2) is 4.39 Å². The fraction of sp³-hybridized carbons (Fsp3) is 0.615. The minimum atomic E-state index is -0.268. The number of hydrogen-bond donors (Lipinski definition) is 1. The Morgan fingerprint density at radius 1 is 1.59 bits per heavy atom. The van der Waals surface area contributed by atoms with E-state index in [0.717, 1.165) is 24.6 Å². The van der Waals surface area contributed by atoms with Crippen LogP contribution in [-0.4, -0.2) is 23.0 Å². The highest BCUT2D eigenvalue weighted by Gasteiger charge is 2.17. The molecule has 0 amide bonds. The van der Waals surface area contributed by atoms with Gasteiger partial charge >= 0.3 is 0 Å². The highest BCUT2D eigenvalue weighted by atomic mass is 32.2. The zero-order chi connectivity index (χ0) is 12.1. The second kappa shape index (κ2) is 6.36. The van der Waals surface area contributed by atoms with Gasteiger partial charge in [-0.15, -0.1) is 0 Å². The number of thioether (sulfide) groups is 1. The second-order valence-corrected chi connectivity index (χ2v) is 5.65. The van der Waals surface area contributed by atoms with E-state index in [0.29, 0.717) is 0 Å². The van der Waals surface area contributed by atoms with Crippen LogP contribution >= 0.6 is 11.8 Å². The molecule has 0 bridgehead atoms. The van der Waals surface area contributed by atoms with Crippen molar-refractivity contribution in [3.8, 4) is 0 Å². The van der Waals surface area contributed by atoms with Crippen LogP contribution in [-0.2, 0) is 0 Å². The summed E-state index contributed by atoms with van der Waals surface area (Å²) in [4.78, 5) is 4.15. The first-order chi connectivity index (χ1) is 8.29. The Labute approximate surface area is 106 Å². The molecule has 17 heavy (non-hydrogen) atoms. The molecule has 0 radical (unpaired) electrons. The number of rotatable bonds is 5. The van der Waals surface area contributed by atoms with Crippen LogP contribution in [0.5, 0.6) is 0 Å². The molecule has 1 N–H and O–H groups in total. The molecule has 2 heterocycles. The maximum absolute atomic E-state index is 12.8. The van der Waals surface area contributed by atoms with Crippen LogP contribution in [0.15, 0.2) is 18.3 Å². The minimum Gasteiger partial charge on any atom is -0.308 e. The molecular formula is C13H19FN2S. The van der Waals surface area contributed by atoms with Gasteiger partial charge in [0.25, 0.3) is 0 Å². The predicted molar refractivity (Wildman–Crippen MR) is 70.7 cm³/mol. The van der Waals surface area contributed by atoms with E-state index < -0.39 is 0 Å². The van der Waals surface area contributed by atoms with E-state index in [2.05, 4.69) is 17.2 Å². The molecule has 1 aliphatic rings. The van der Waals surface area contributed by atoms with Crippen molar-refractivity contribution in [2.45, 2.75) is 25.8 Å². The van der Waals surface area contributed by atoms with E-state index in [4.69, 9.17) is 0 Å². The maximum Gasteiger partial charge on any atom is 0.141 e. The SMILES string of the molecule is CCC(NCC1CCSC1)c1ccc(F)cn1. The van der Waals surface area contributed by atoms with Gasteiger partial charge in [0, 0.05) is 6.04 Å². The van der Waals surface area contributed by atoms with E-state index in [1.54, 1.807) is 6.07 Å². The lowest BCUT2D eigenvalue weighted by atomic mass is 10.1. The number of hydrogen-bond acceptors (Lipinski definition) is 3. The molecule has 1 aromatic heterocycles. The third-order valence-electron chi connectivity index (χ3n) is 3.19. The molecule has 2 atom stereocenters. The Balaban J connectivity index is 1.89. The average Bonchev–Trinajstić information content (AvgIpc) is 2.85. The molecule has 2 nitrogen and oxygen atoms in total. The first-order valence-corrected chi connectivity index (χ1v) is 7.37. The van der Waals surface area contributed by atoms with Gasteiger partial charge in [-0.05, 0) is 48.9 Å². The van der Waals surface area contributed by atoms with Crippen molar-refractivity contribution in [3.05, 3.63) is 29.8 Å². The van der Waals surface area contributed by atoms with Crippen molar-refractivity contribution in [2.75, 3.05) is 18.1 Å². The molecule has 1 aromatic rings. The summed E-state index contributed by atoms with van der Waals surface area (Å²) < 4.78 is 12.8. The Morgan fingerprint density at radius 2 is 2.47 bits per heavy atom. The van der Waals surface area contributed by atoms with Gasteiger partial charge in [-0.3, -0.25) is 4.98 Å². The summed E-state index contributed by atoms with van der Waals surface area (Å²) >= 11 is 2.03. The van der Waals surface area contributed by atoms with Crippen LogP contribution in [0.3, 0.4) is 0 Å². The van der Waals surface area contributed by atoms with E-state index in [9.17, 15) is 4.39 Å². The third-order valence-corrected chi connectivity index (χ3v) is 4.42.